The van der Waals surface area contributed by atoms with Crippen molar-refractivity contribution in [1.29, 1.82) is 0 Å². The number of hydrogen-bond acceptors (Lipinski definition) is 6. The van der Waals surface area contributed by atoms with Crippen LogP contribution in [0, 0.1) is 0 Å². The van der Waals surface area contributed by atoms with E-state index in [2.05, 4.69) is 0 Å². The molecule has 126 valence electrons. The van der Waals surface area contributed by atoms with Crippen LogP contribution in [0.2, 0.25) is 0 Å². The molecule has 0 fully saturated rings. The van der Waals surface area contributed by atoms with Crippen LogP contribution in [0.3, 0.4) is 0 Å². The number of halogens is 9. The second kappa shape index (κ2) is 10.4. The molecule has 0 saturated heterocycles. The van der Waals surface area contributed by atoms with Crippen molar-refractivity contribution in [3.8, 4) is 0 Å². The van der Waals surface area contributed by atoms with Crippen molar-refractivity contribution in [2.24, 2.45) is 0 Å². The minimum atomic E-state index is -5.19. The van der Waals surface area contributed by atoms with Crippen molar-refractivity contribution in [2.75, 3.05) is 0 Å². The van der Waals surface area contributed by atoms with E-state index in [4.69, 9.17) is 29.7 Å². The fourth-order valence-electron chi connectivity index (χ4n) is 0. The van der Waals surface area contributed by atoms with Crippen molar-refractivity contribution in [3.63, 3.8) is 0 Å². The summed E-state index contributed by atoms with van der Waals surface area (Å²) >= 11 is 0. The van der Waals surface area contributed by atoms with Gasteiger partial charge in [0.15, 0.2) is 0 Å². The maximum absolute atomic E-state index is 10.5. The number of carbonyl (C=O) groups excluding carboxylic acids is 3. The molecule has 0 aliphatic carbocycles. The molecular formula is C6F9O6Sc. The molecule has 0 atom stereocenters. The molecule has 0 amide bonds. The Morgan fingerprint density at radius 1 is 0.500 bits per heavy atom. The fraction of sp³-hybridized carbons (Fsp3) is 0.500. The van der Waals surface area contributed by atoms with Gasteiger partial charge in [-0.15, -0.1) is 0 Å². The number of carboxylic acids is 3. The van der Waals surface area contributed by atoms with Crippen LogP contribution in [0.5, 0.6) is 0 Å². The van der Waals surface area contributed by atoms with Crippen molar-refractivity contribution < 1.29 is 95.1 Å². The molecule has 0 radical (unpaired) electrons. The van der Waals surface area contributed by atoms with Gasteiger partial charge in [-0.3, -0.25) is 0 Å². The monoisotopic (exact) mass is 384 g/mol. The van der Waals surface area contributed by atoms with E-state index < -0.39 is 36.4 Å². The third-order valence-electron chi connectivity index (χ3n) is 0.694. The van der Waals surface area contributed by atoms with Gasteiger partial charge in [0.25, 0.3) is 0 Å². The van der Waals surface area contributed by atoms with E-state index in [1.807, 2.05) is 0 Å². The standard InChI is InChI=1S/3C2HF3O2.Sc/c3*3-2(4,5)1(6)7;/h3*(H,6,7);/q;;;+3/p-3. The maximum Gasteiger partial charge on any atom is 3.00 e. The molecule has 0 aromatic rings. The number of hydrogen-bond donors (Lipinski definition) is 0. The number of carbonyl (C=O) groups is 3. The van der Waals surface area contributed by atoms with Gasteiger partial charge in [-0.25, -0.2) is 0 Å². The largest absolute Gasteiger partial charge is 3.00 e. The molecule has 0 aromatic carbocycles. The molecule has 0 rings (SSSR count). The van der Waals surface area contributed by atoms with E-state index in [1.54, 1.807) is 0 Å². The Labute approximate surface area is 132 Å². The van der Waals surface area contributed by atoms with Gasteiger partial charge < -0.3 is 29.7 Å². The zero-order chi connectivity index (χ0) is 18.2. The quantitative estimate of drug-likeness (QED) is 0.441. The van der Waals surface area contributed by atoms with Crippen molar-refractivity contribution in [1.82, 2.24) is 0 Å². The normalized spacial score (nSPS) is 10.8. The van der Waals surface area contributed by atoms with Crippen molar-refractivity contribution in [2.45, 2.75) is 18.5 Å². The summed E-state index contributed by atoms with van der Waals surface area (Å²) in [7, 11) is 0. The summed E-state index contributed by atoms with van der Waals surface area (Å²) < 4.78 is 94.6. The van der Waals surface area contributed by atoms with Crippen LogP contribution in [-0.2, 0) is 40.2 Å². The van der Waals surface area contributed by atoms with Gasteiger partial charge in [0.2, 0.25) is 0 Å². The number of alkyl halides is 9. The van der Waals surface area contributed by atoms with Crippen molar-refractivity contribution >= 4 is 17.9 Å². The Bertz CT molecular complexity index is 313. The summed E-state index contributed by atoms with van der Waals surface area (Å²) in [6.45, 7) is 0. The molecule has 16 heteroatoms. The number of carboxylic acid groups (broad SMARTS) is 3. The predicted octanol–water partition coefficient (Wildman–Crippen LogP) is -2.11. The van der Waals surface area contributed by atoms with E-state index in [1.165, 1.54) is 0 Å². The van der Waals surface area contributed by atoms with E-state index >= 15 is 0 Å². The molecule has 0 spiro atoms. The van der Waals surface area contributed by atoms with Gasteiger partial charge in [-0.05, 0) is 0 Å². The first-order chi connectivity index (χ1) is 8.83. The Balaban J connectivity index is -0.000000108. The summed E-state index contributed by atoms with van der Waals surface area (Å²) in [6.07, 6.45) is -15.6. The van der Waals surface area contributed by atoms with E-state index in [-0.39, 0.29) is 25.8 Å². The number of aliphatic carboxylic acids is 3. The van der Waals surface area contributed by atoms with Crippen LogP contribution in [0.4, 0.5) is 39.5 Å². The predicted molar refractivity (Wildman–Crippen MR) is 33.2 cm³/mol. The van der Waals surface area contributed by atoms with Gasteiger partial charge in [0, 0.05) is 0 Å². The third-order valence-corrected chi connectivity index (χ3v) is 0.694. The van der Waals surface area contributed by atoms with Crippen LogP contribution in [-0.4, -0.2) is 36.4 Å². The number of rotatable bonds is 0. The zero-order valence-corrected chi connectivity index (χ0v) is 11.2. The molecule has 0 heterocycles. The Hall–Kier alpha value is -1.35. The average molecular weight is 384 g/mol. The third kappa shape index (κ3) is 21.0. The van der Waals surface area contributed by atoms with E-state index in [0.717, 1.165) is 0 Å². The van der Waals surface area contributed by atoms with Crippen LogP contribution in [0.25, 0.3) is 0 Å². The smallest absolute Gasteiger partial charge is 0.542 e. The van der Waals surface area contributed by atoms with Crippen LogP contribution < -0.4 is 15.3 Å². The summed E-state index contributed by atoms with van der Waals surface area (Å²) in [5.74, 6) is -9.02. The van der Waals surface area contributed by atoms with Gasteiger partial charge in [0.1, 0.15) is 17.9 Å². The molecular weight excluding hydrogens is 384 g/mol. The fourth-order valence-corrected chi connectivity index (χ4v) is 0. The summed E-state index contributed by atoms with van der Waals surface area (Å²) in [5.41, 5.74) is 0. The molecule has 0 N–H and O–H groups in total. The molecule has 0 bridgehead atoms. The molecule has 6 nitrogen and oxygen atoms in total. The molecule has 0 aliphatic rings. The Morgan fingerprint density at radius 2 is 0.545 bits per heavy atom. The summed E-state index contributed by atoms with van der Waals surface area (Å²) in [5, 5.41) is 26.4. The topological polar surface area (TPSA) is 120 Å². The first kappa shape index (κ1) is 28.8. The Morgan fingerprint density at radius 3 is 0.545 bits per heavy atom. The summed E-state index contributed by atoms with van der Waals surface area (Å²) in [4.78, 5) is 26.4. The average Bonchev–Trinajstić information content (AvgIpc) is 2.14. The molecule has 0 saturated carbocycles. The molecule has 22 heavy (non-hydrogen) atoms. The first-order valence-electron chi connectivity index (χ1n) is 3.68. The molecule has 0 aliphatic heterocycles. The van der Waals surface area contributed by atoms with Crippen LogP contribution >= 0.6 is 0 Å². The van der Waals surface area contributed by atoms with Gasteiger partial charge >= 0.3 is 44.4 Å². The zero-order valence-electron chi connectivity index (χ0n) is 9.43. The van der Waals surface area contributed by atoms with Crippen LogP contribution in [0.1, 0.15) is 0 Å². The van der Waals surface area contributed by atoms with E-state index in [0.29, 0.717) is 0 Å². The molecule has 0 unspecified atom stereocenters. The van der Waals surface area contributed by atoms with Gasteiger partial charge in [-0.1, -0.05) is 0 Å². The van der Waals surface area contributed by atoms with Gasteiger partial charge in [0.05, 0.1) is 0 Å². The van der Waals surface area contributed by atoms with Gasteiger partial charge in [-0.2, -0.15) is 39.5 Å². The minimum Gasteiger partial charge on any atom is -0.542 e. The second-order valence-corrected chi connectivity index (χ2v) is 2.36. The maximum atomic E-state index is 10.5. The minimum absolute atomic E-state index is 0. The van der Waals surface area contributed by atoms with Crippen LogP contribution in [0.15, 0.2) is 0 Å². The summed E-state index contributed by atoms with van der Waals surface area (Å²) in [6, 6.07) is 0. The Kier molecular flexibility index (Phi) is 13.6. The first-order valence-corrected chi connectivity index (χ1v) is 3.68. The molecule has 0 aromatic heterocycles. The SMILES string of the molecule is O=C([O-])C(F)(F)F.O=C([O-])C(F)(F)F.O=C([O-])C(F)(F)F.[Sc+3]. The van der Waals surface area contributed by atoms with E-state index in [9.17, 15) is 39.5 Å². The van der Waals surface area contributed by atoms with Crippen molar-refractivity contribution in [3.05, 3.63) is 0 Å². The second-order valence-electron chi connectivity index (χ2n) is 2.36.